The average Bonchev–Trinajstić information content (AvgIpc) is 3.26. The van der Waals surface area contributed by atoms with Crippen molar-refractivity contribution in [1.82, 2.24) is 4.90 Å². The lowest BCUT2D eigenvalue weighted by atomic mass is 9.97. The van der Waals surface area contributed by atoms with Gasteiger partial charge in [0.15, 0.2) is 11.5 Å². The number of nitrogens with one attached hydrogen (secondary N) is 1. The largest absolute Gasteiger partial charge is 0.448 e. The second kappa shape index (κ2) is 7.43. The van der Waals surface area contributed by atoms with Gasteiger partial charge in [0.1, 0.15) is 5.60 Å². The van der Waals surface area contributed by atoms with Gasteiger partial charge >= 0.3 is 6.09 Å². The molecule has 4 rings (SSSR count). The molecule has 7 heteroatoms. The highest BCUT2D eigenvalue weighted by atomic mass is 16.7. The number of hydrogen-bond acceptors (Lipinski definition) is 5. The van der Waals surface area contributed by atoms with Crippen LogP contribution >= 0.6 is 0 Å². The third-order valence-corrected chi connectivity index (χ3v) is 5.61. The van der Waals surface area contributed by atoms with Crippen LogP contribution in [0.1, 0.15) is 59.3 Å². The second-order valence-electron chi connectivity index (χ2n) is 9.24. The third kappa shape index (κ3) is 4.43. The second-order valence-corrected chi connectivity index (χ2v) is 9.24. The van der Waals surface area contributed by atoms with Crippen molar-refractivity contribution in [1.29, 1.82) is 0 Å². The first-order chi connectivity index (χ1) is 13.7. The Morgan fingerprint density at radius 2 is 1.86 bits per heavy atom. The number of anilines is 1. The lowest BCUT2D eigenvalue weighted by Crippen LogP contribution is -2.45. The number of hydrogen-bond donors (Lipinski definition) is 1. The summed E-state index contributed by atoms with van der Waals surface area (Å²) in [6, 6.07) is 5.52. The number of likely N-dealkylation sites (tertiary alicyclic amines) is 1. The standard InChI is InChI=1S/C22H30N2O5/c1-21(2,3)29-20(26)24-12-6-7-15(14-24)19(25)23-16-8-9-17-18(13-16)28-22(27-17)10-4-5-11-22/h8-9,13,15H,4-7,10-12,14H2,1-3H3,(H,23,25). The summed E-state index contributed by atoms with van der Waals surface area (Å²) in [4.78, 5) is 26.8. The first-order valence-corrected chi connectivity index (χ1v) is 10.5. The van der Waals surface area contributed by atoms with Crippen molar-refractivity contribution in [3.63, 3.8) is 0 Å². The number of ether oxygens (including phenoxy) is 3. The predicted octanol–water partition coefficient (Wildman–Crippen LogP) is 4.31. The van der Waals surface area contributed by atoms with Crippen molar-refractivity contribution in [3.8, 4) is 11.5 Å². The average molecular weight is 402 g/mol. The zero-order valence-electron chi connectivity index (χ0n) is 17.5. The molecule has 2 aliphatic heterocycles. The van der Waals surface area contributed by atoms with Crippen LogP contribution in [0.2, 0.25) is 0 Å². The van der Waals surface area contributed by atoms with E-state index < -0.39 is 11.4 Å². The molecule has 1 aromatic rings. The molecule has 2 amide bonds. The number of amides is 2. The van der Waals surface area contributed by atoms with Crippen LogP contribution < -0.4 is 14.8 Å². The molecule has 2 heterocycles. The van der Waals surface area contributed by atoms with Gasteiger partial charge in [-0.05, 0) is 58.6 Å². The molecule has 1 aliphatic carbocycles. The maximum Gasteiger partial charge on any atom is 0.410 e. The fourth-order valence-corrected chi connectivity index (χ4v) is 4.22. The first kappa shape index (κ1) is 19.9. The molecule has 1 N–H and O–H groups in total. The van der Waals surface area contributed by atoms with Crippen molar-refractivity contribution in [3.05, 3.63) is 18.2 Å². The Balaban J connectivity index is 1.37. The van der Waals surface area contributed by atoms with Gasteiger partial charge in [0.25, 0.3) is 5.79 Å². The Morgan fingerprint density at radius 3 is 2.59 bits per heavy atom. The van der Waals surface area contributed by atoms with E-state index in [1.165, 1.54) is 0 Å². The highest BCUT2D eigenvalue weighted by molar-refractivity contribution is 5.93. The molecular weight excluding hydrogens is 372 g/mol. The van der Waals surface area contributed by atoms with Crippen LogP contribution in [0.15, 0.2) is 18.2 Å². The number of rotatable bonds is 2. The van der Waals surface area contributed by atoms with E-state index in [0.29, 0.717) is 24.5 Å². The van der Waals surface area contributed by atoms with Crippen molar-refractivity contribution in [2.24, 2.45) is 5.92 Å². The van der Waals surface area contributed by atoms with Crippen LogP contribution in [0.5, 0.6) is 11.5 Å². The molecule has 7 nitrogen and oxygen atoms in total. The summed E-state index contributed by atoms with van der Waals surface area (Å²) < 4.78 is 17.5. The quantitative estimate of drug-likeness (QED) is 0.797. The smallest absolute Gasteiger partial charge is 0.410 e. The topological polar surface area (TPSA) is 77.1 Å². The summed E-state index contributed by atoms with van der Waals surface area (Å²) in [7, 11) is 0. The van der Waals surface area contributed by atoms with E-state index in [2.05, 4.69) is 5.32 Å². The zero-order chi connectivity index (χ0) is 20.6. The van der Waals surface area contributed by atoms with Crippen LogP contribution in [0.3, 0.4) is 0 Å². The molecule has 1 spiro atoms. The van der Waals surface area contributed by atoms with Crippen LogP contribution in [0.25, 0.3) is 0 Å². The molecule has 0 aromatic heterocycles. The number of fused-ring (bicyclic) bond motifs is 1. The number of nitrogens with zero attached hydrogens (tertiary/aromatic N) is 1. The Hall–Kier alpha value is -2.44. The Bertz CT molecular complexity index is 795. The van der Waals surface area contributed by atoms with Gasteiger partial charge in [-0.25, -0.2) is 4.79 Å². The van der Waals surface area contributed by atoms with E-state index in [1.807, 2.05) is 39.0 Å². The molecule has 0 radical (unpaired) electrons. The van der Waals surface area contributed by atoms with Gasteiger partial charge < -0.3 is 24.4 Å². The van der Waals surface area contributed by atoms with Gasteiger partial charge in [0.2, 0.25) is 5.91 Å². The van der Waals surface area contributed by atoms with Gasteiger partial charge in [0.05, 0.1) is 5.92 Å². The molecule has 29 heavy (non-hydrogen) atoms. The fourth-order valence-electron chi connectivity index (χ4n) is 4.22. The van der Waals surface area contributed by atoms with Gasteiger partial charge in [-0.3, -0.25) is 4.79 Å². The SMILES string of the molecule is CC(C)(C)OC(=O)N1CCCC(C(=O)Nc2ccc3c(c2)OC2(CCCC2)O3)C1. The summed E-state index contributed by atoms with van der Waals surface area (Å²) in [5.41, 5.74) is 0.136. The van der Waals surface area contributed by atoms with Crippen molar-refractivity contribution in [2.45, 2.75) is 70.7 Å². The highest BCUT2D eigenvalue weighted by Crippen LogP contribution is 2.47. The van der Waals surface area contributed by atoms with Gasteiger partial charge in [0, 0.05) is 37.7 Å². The maximum atomic E-state index is 12.8. The summed E-state index contributed by atoms with van der Waals surface area (Å²) in [5.74, 6) is 0.556. The van der Waals surface area contributed by atoms with E-state index in [0.717, 1.165) is 44.3 Å². The summed E-state index contributed by atoms with van der Waals surface area (Å²) in [6.07, 6.45) is 5.17. The molecular formula is C22H30N2O5. The molecule has 1 aromatic carbocycles. The van der Waals surface area contributed by atoms with Crippen LogP contribution in [-0.2, 0) is 9.53 Å². The van der Waals surface area contributed by atoms with Crippen molar-refractivity contribution in [2.75, 3.05) is 18.4 Å². The number of benzene rings is 1. The van der Waals surface area contributed by atoms with Crippen LogP contribution in [-0.4, -0.2) is 41.4 Å². The number of piperidine rings is 1. The molecule has 3 aliphatic rings. The fraction of sp³-hybridized carbons (Fsp3) is 0.636. The molecule has 1 saturated heterocycles. The predicted molar refractivity (Wildman–Crippen MR) is 108 cm³/mol. The lowest BCUT2D eigenvalue weighted by Gasteiger charge is -2.33. The molecule has 1 saturated carbocycles. The maximum absolute atomic E-state index is 12.8. The van der Waals surface area contributed by atoms with Crippen molar-refractivity contribution < 1.29 is 23.8 Å². The third-order valence-electron chi connectivity index (χ3n) is 5.61. The Morgan fingerprint density at radius 1 is 1.14 bits per heavy atom. The molecule has 1 atom stereocenters. The molecule has 158 valence electrons. The van der Waals surface area contributed by atoms with Crippen LogP contribution in [0.4, 0.5) is 10.5 Å². The first-order valence-electron chi connectivity index (χ1n) is 10.5. The summed E-state index contributed by atoms with van der Waals surface area (Å²) in [6.45, 7) is 6.51. The van der Waals surface area contributed by atoms with Gasteiger partial charge in [-0.2, -0.15) is 0 Å². The monoisotopic (exact) mass is 402 g/mol. The molecule has 0 bridgehead atoms. The summed E-state index contributed by atoms with van der Waals surface area (Å²) >= 11 is 0. The minimum absolute atomic E-state index is 0.0901. The lowest BCUT2D eigenvalue weighted by molar-refractivity contribution is -0.121. The number of carbonyl (C=O) groups is 2. The Labute approximate surface area is 171 Å². The molecule has 1 unspecified atom stereocenters. The van der Waals surface area contributed by atoms with Gasteiger partial charge in [-0.1, -0.05) is 0 Å². The van der Waals surface area contributed by atoms with E-state index in [-0.39, 0.29) is 17.9 Å². The van der Waals surface area contributed by atoms with E-state index in [9.17, 15) is 9.59 Å². The van der Waals surface area contributed by atoms with Gasteiger partial charge in [-0.15, -0.1) is 0 Å². The van der Waals surface area contributed by atoms with E-state index in [1.54, 1.807) is 4.90 Å². The minimum atomic E-state index is -0.546. The minimum Gasteiger partial charge on any atom is -0.448 e. The zero-order valence-corrected chi connectivity index (χ0v) is 17.5. The van der Waals surface area contributed by atoms with E-state index in [4.69, 9.17) is 14.2 Å². The summed E-state index contributed by atoms with van der Waals surface area (Å²) in [5, 5.41) is 2.97. The number of carbonyl (C=O) groups excluding carboxylic acids is 2. The normalized spacial score (nSPS) is 22.6. The Kier molecular flexibility index (Phi) is 5.09. The van der Waals surface area contributed by atoms with Crippen LogP contribution in [0, 0.1) is 5.92 Å². The van der Waals surface area contributed by atoms with Crippen molar-refractivity contribution >= 4 is 17.7 Å². The molecule has 2 fully saturated rings. The van der Waals surface area contributed by atoms with E-state index >= 15 is 0 Å². The highest BCUT2D eigenvalue weighted by Gasteiger charge is 2.44.